The third kappa shape index (κ3) is 3.87. The van der Waals surface area contributed by atoms with Crippen molar-refractivity contribution in [1.29, 1.82) is 0 Å². The van der Waals surface area contributed by atoms with Gasteiger partial charge in [0.15, 0.2) is 0 Å². The van der Waals surface area contributed by atoms with E-state index in [1.165, 1.54) is 21.4 Å². The van der Waals surface area contributed by atoms with E-state index in [1.54, 1.807) is 30.4 Å². The van der Waals surface area contributed by atoms with Gasteiger partial charge in [0.05, 0.1) is 12.5 Å². The third-order valence-corrected chi connectivity index (χ3v) is 5.68. The molecule has 3 aromatic rings. The summed E-state index contributed by atoms with van der Waals surface area (Å²) in [5.41, 5.74) is 0.756. The van der Waals surface area contributed by atoms with Crippen molar-refractivity contribution in [3.8, 4) is 0 Å². The van der Waals surface area contributed by atoms with Crippen molar-refractivity contribution in [2.45, 2.75) is 38.4 Å². The number of rotatable bonds is 5. The molecule has 1 atom stereocenters. The van der Waals surface area contributed by atoms with E-state index in [-0.39, 0.29) is 28.7 Å². The van der Waals surface area contributed by atoms with Crippen molar-refractivity contribution in [2.75, 3.05) is 7.05 Å². The average Bonchev–Trinajstić information content (AvgIpc) is 3.06. The quantitative estimate of drug-likeness (QED) is 0.625. The van der Waals surface area contributed by atoms with Gasteiger partial charge in [-0.1, -0.05) is 23.7 Å². The van der Waals surface area contributed by atoms with Gasteiger partial charge in [0, 0.05) is 43.1 Å². The van der Waals surface area contributed by atoms with Crippen LogP contribution in [0.25, 0.3) is 0 Å². The molecule has 1 aliphatic heterocycles. The number of likely N-dealkylation sites (N-methyl/N-ethyl adjacent to an activating group) is 1. The minimum Gasteiger partial charge on any atom is -0.341 e. The summed E-state index contributed by atoms with van der Waals surface area (Å²) in [6, 6.07) is 8.10. The number of aromatic nitrogens is 4. The number of pyridine rings is 1. The Kier molecular flexibility index (Phi) is 5.67. The number of carbonyl (C=O) groups is 1. The molecule has 0 saturated carbocycles. The zero-order valence-electron chi connectivity index (χ0n) is 16.5. The van der Waals surface area contributed by atoms with Crippen molar-refractivity contribution in [2.24, 2.45) is 0 Å². The Morgan fingerprint density at radius 3 is 2.90 bits per heavy atom. The van der Waals surface area contributed by atoms with Gasteiger partial charge in [-0.2, -0.15) is 5.10 Å². The lowest BCUT2D eigenvalue weighted by Crippen LogP contribution is -2.36. The second kappa shape index (κ2) is 8.39. The summed E-state index contributed by atoms with van der Waals surface area (Å²) < 4.78 is 16.9. The van der Waals surface area contributed by atoms with Crippen molar-refractivity contribution in [1.82, 2.24) is 24.2 Å². The molecule has 4 rings (SSSR count). The lowest BCUT2D eigenvalue weighted by atomic mass is 9.97. The number of carbonyl (C=O) groups excluding carboxylic acids is 1. The van der Waals surface area contributed by atoms with Crippen LogP contribution in [0, 0.1) is 5.82 Å². The van der Waals surface area contributed by atoms with Gasteiger partial charge in [-0.3, -0.25) is 14.3 Å². The highest BCUT2D eigenvalue weighted by Crippen LogP contribution is 2.27. The Hall–Kier alpha value is -3.00. The van der Waals surface area contributed by atoms with Crippen LogP contribution in [0.15, 0.2) is 47.5 Å². The predicted molar refractivity (Wildman–Crippen MR) is 110 cm³/mol. The molecule has 0 radical (unpaired) electrons. The fourth-order valence-electron chi connectivity index (χ4n) is 3.79. The van der Waals surface area contributed by atoms with Crippen molar-refractivity contribution in [3.05, 3.63) is 81.0 Å². The van der Waals surface area contributed by atoms with Gasteiger partial charge in [-0.25, -0.2) is 13.9 Å². The Bertz CT molecular complexity index is 1110. The first kappa shape index (κ1) is 20.3. The van der Waals surface area contributed by atoms with Gasteiger partial charge in [0.2, 0.25) is 5.91 Å². The maximum Gasteiger partial charge on any atom is 0.346 e. The number of benzene rings is 1. The van der Waals surface area contributed by atoms with Crippen LogP contribution in [0.2, 0.25) is 5.02 Å². The van der Waals surface area contributed by atoms with Gasteiger partial charge >= 0.3 is 5.69 Å². The zero-order chi connectivity index (χ0) is 21.3. The van der Waals surface area contributed by atoms with E-state index < -0.39 is 11.7 Å². The Labute approximate surface area is 177 Å². The van der Waals surface area contributed by atoms with Crippen LogP contribution in [-0.2, 0) is 24.4 Å². The lowest BCUT2D eigenvalue weighted by Gasteiger charge is -2.26. The number of nitrogens with zero attached hydrogens (tertiary/aromatic N) is 5. The van der Waals surface area contributed by atoms with Gasteiger partial charge in [0.1, 0.15) is 11.6 Å². The molecule has 1 aliphatic rings. The average molecular weight is 430 g/mol. The summed E-state index contributed by atoms with van der Waals surface area (Å²) in [6.07, 6.45) is 4.69. The van der Waals surface area contributed by atoms with E-state index in [2.05, 4.69) is 10.1 Å². The largest absolute Gasteiger partial charge is 0.346 e. The molecule has 0 bridgehead atoms. The summed E-state index contributed by atoms with van der Waals surface area (Å²) in [4.78, 5) is 31.6. The van der Waals surface area contributed by atoms with Gasteiger partial charge in [0.25, 0.3) is 0 Å². The number of amides is 1. The van der Waals surface area contributed by atoms with Gasteiger partial charge in [-0.15, -0.1) is 0 Å². The molecule has 0 saturated heterocycles. The van der Waals surface area contributed by atoms with Crippen LogP contribution in [0.3, 0.4) is 0 Å². The molecule has 9 heteroatoms. The highest BCUT2D eigenvalue weighted by Gasteiger charge is 2.33. The standard InChI is InChI=1S/C21H21ClFN5O2/c1-26(12-14-5-3-9-24-11-14)20(29)15-6-4-10-27-19(15)25-28(21(27)30)13-16-17(22)7-2-8-18(16)23/h2-3,5,7-9,11,15H,4,6,10,12-13H2,1H3. The van der Waals surface area contributed by atoms with Crippen molar-refractivity contribution < 1.29 is 9.18 Å². The monoisotopic (exact) mass is 429 g/mol. The number of hydrogen-bond acceptors (Lipinski definition) is 4. The summed E-state index contributed by atoms with van der Waals surface area (Å²) >= 11 is 6.10. The molecule has 0 spiro atoms. The van der Waals surface area contributed by atoms with Crippen LogP contribution < -0.4 is 5.69 Å². The maximum absolute atomic E-state index is 14.2. The van der Waals surface area contributed by atoms with Crippen LogP contribution in [-0.4, -0.2) is 37.2 Å². The summed E-state index contributed by atoms with van der Waals surface area (Å²) in [5, 5.41) is 4.63. The van der Waals surface area contributed by atoms with E-state index in [0.717, 1.165) is 5.56 Å². The second-order valence-electron chi connectivity index (χ2n) is 7.40. The molecule has 2 aromatic heterocycles. The fourth-order valence-corrected chi connectivity index (χ4v) is 4.01. The SMILES string of the molecule is CN(Cc1cccnc1)C(=O)C1CCCn2c1nn(Cc1c(F)cccc1Cl)c2=O. The van der Waals surface area contributed by atoms with Gasteiger partial charge in [-0.05, 0) is 36.6 Å². The molecule has 0 N–H and O–H groups in total. The highest BCUT2D eigenvalue weighted by molar-refractivity contribution is 6.31. The molecule has 1 aromatic carbocycles. The maximum atomic E-state index is 14.2. The first-order valence-electron chi connectivity index (χ1n) is 9.70. The minimum atomic E-state index is -0.523. The highest BCUT2D eigenvalue weighted by atomic mass is 35.5. The Morgan fingerprint density at radius 2 is 2.17 bits per heavy atom. The normalized spacial score (nSPS) is 15.6. The predicted octanol–water partition coefficient (Wildman–Crippen LogP) is 2.82. The van der Waals surface area contributed by atoms with Crippen LogP contribution >= 0.6 is 11.6 Å². The minimum absolute atomic E-state index is 0.0865. The molecular weight excluding hydrogens is 409 g/mol. The molecule has 30 heavy (non-hydrogen) atoms. The smallest absolute Gasteiger partial charge is 0.341 e. The summed E-state index contributed by atoms with van der Waals surface area (Å²) in [5.74, 6) is -0.711. The van der Waals surface area contributed by atoms with Crippen LogP contribution in [0.5, 0.6) is 0 Å². The molecule has 0 aliphatic carbocycles. The molecule has 3 heterocycles. The first-order valence-corrected chi connectivity index (χ1v) is 10.1. The summed E-state index contributed by atoms with van der Waals surface area (Å²) in [7, 11) is 1.72. The molecule has 156 valence electrons. The number of fused-ring (bicyclic) bond motifs is 1. The van der Waals surface area contributed by atoms with Gasteiger partial charge < -0.3 is 4.90 Å². The Morgan fingerprint density at radius 1 is 1.33 bits per heavy atom. The Balaban J connectivity index is 1.60. The van der Waals surface area contributed by atoms with E-state index in [4.69, 9.17) is 11.6 Å². The number of hydrogen-bond donors (Lipinski definition) is 0. The van der Waals surface area contributed by atoms with Crippen LogP contribution in [0.1, 0.15) is 35.7 Å². The van der Waals surface area contributed by atoms with E-state index >= 15 is 0 Å². The first-order chi connectivity index (χ1) is 14.5. The molecule has 1 amide bonds. The third-order valence-electron chi connectivity index (χ3n) is 5.32. The summed E-state index contributed by atoms with van der Waals surface area (Å²) in [6.45, 7) is 0.811. The van der Waals surface area contributed by atoms with Crippen LogP contribution in [0.4, 0.5) is 4.39 Å². The van der Waals surface area contributed by atoms with E-state index in [1.807, 2.05) is 12.1 Å². The molecular formula is C21H21ClFN5O2. The molecule has 7 nitrogen and oxygen atoms in total. The fraction of sp³-hybridized carbons (Fsp3) is 0.333. The zero-order valence-corrected chi connectivity index (χ0v) is 17.2. The number of halogens is 2. The van der Waals surface area contributed by atoms with E-state index in [0.29, 0.717) is 31.8 Å². The van der Waals surface area contributed by atoms with E-state index in [9.17, 15) is 14.0 Å². The second-order valence-corrected chi connectivity index (χ2v) is 7.81. The van der Waals surface area contributed by atoms with Crippen molar-refractivity contribution in [3.63, 3.8) is 0 Å². The topological polar surface area (TPSA) is 73.0 Å². The van der Waals surface area contributed by atoms with Crippen molar-refractivity contribution >= 4 is 17.5 Å². The lowest BCUT2D eigenvalue weighted by molar-refractivity contribution is -0.132. The molecule has 1 unspecified atom stereocenters. The molecule has 0 fully saturated rings.